The topological polar surface area (TPSA) is 0 Å². The van der Waals surface area contributed by atoms with E-state index in [-0.39, 0.29) is 0 Å². The second-order valence-electron chi connectivity index (χ2n) is 16.5. The Balaban J connectivity index is 1.82. The number of rotatable bonds is 10. The summed E-state index contributed by atoms with van der Waals surface area (Å²) in [7, 11) is -6.22. The van der Waals surface area contributed by atoms with Crippen molar-refractivity contribution in [2.45, 2.75) is 95.2 Å². The van der Waals surface area contributed by atoms with Crippen LogP contribution in [0.1, 0.15) is 80.1 Å². The molecule has 2 aliphatic carbocycles. The van der Waals surface area contributed by atoms with E-state index in [2.05, 4.69) is 163 Å². The predicted molar refractivity (Wildman–Crippen MR) is 226 cm³/mol. The molecule has 0 nitrogen and oxygen atoms in total. The molecule has 2 saturated carbocycles. The van der Waals surface area contributed by atoms with Gasteiger partial charge in [0, 0.05) is 0 Å². The minimum atomic E-state index is -3.11. The first-order valence-corrected chi connectivity index (χ1v) is 24.1. The van der Waals surface area contributed by atoms with E-state index >= 15 is 0 Å². The van der Waals surface area contributed by atoms with Crippen molar-refractivity contribution in [3.05, 3.63) is 121 Å². The number of halogens is 2. The minimum absolute atomic E-state index is 0.395. The SMILES string of the molecule is CC(C)[C@@H]1CC[C@@H](C)C([PH](c2ccccc2)(c2ccccc2)C(Cl)(Cl)[PH](c2ccccc2)(c2ccccc2)C2C[C@@H](C)CC[C@@H]2C(C)C)C1. The molecule has 0 radical (unpaired) electrons. The molecular weight excluding hydrogens is 673 g/mol. The molecule has 2 unspecified atom stereocenters. The monoisotopic (exact) mass is 732 g/mol. The van der Waals surface area contributed by atoms with Crippen molar-refractivity contribution in [3.63, 3.8) is 0 Å². The van der Waals surface area contributed by atoms with Crippen LogP contribution in [0.15, 0.2) is 121 Å². The summed E-state index contributed by atoms with van der Waals surface area (Å²) >= 11 is 18.2. The van der Waals surface area contributed by atoms with Gasteiger partial charge in [-0.25, -0.2) is 0 Å². The van der Waals surface area contributed by atoms with E-state index in [0.717, 1.165) is 0 Å². The van der Waals surface area contributed by atoms with Gasteiger partial charge in [0.15, 0.2) is 0 Å². The average Bonchev–Trinajstić information content (AvgIpc) is 3.11. The molecule has 0 spiro atoms. The summed E-state index contributed by atoms with van der Waals surface area (Å²) in [6, 6.07) is 46.1. The van der Waals surface area contributed by atoms with Crippen molar-refractivity contribution >= 4 is 58.9 Å². The third-order valence-electron chi connectivity index (χ3n) is 13.2. The Morgan fingerprint density at radius 1 is 0.510 bits per heavy atom. The van der Waals surface area contributed by atoms with Gasteiger partial charge in [0.25, 0.3) is 0 Å². The Morgan fingerprint density at radius 2 is 0.918 bits per heavy atom. The van der Waals surface area contributed by atoms with Gasteiger partial charge in [-0.15, -0.1) is 0 Å². The Morgan fingerprint density at radius 3 is 1.31 bits per heavy atom. The van der Waals surface area contributed by atoms with Crippen LogP contribution in [0.25, 0.3) is 0 Å². The van der Waals surface area contributed by atoms with Crippen LogP contribution in [0, 0.1) is 35.5 Å². The summed E-state index contributed by atoms with van der Waals surface area (Å²) in [5, 5.41) is 5.62. The maximum absolute atomic E-state index is 9.09. The summed E-state index contributed by atoms with van der Waals surface area (Å²) in [6.45, 7) is 14.8. The van der Waals surface area contributed by atoms with Crippen LogP contribution in [0.3, 0.4) is 0 Å². The van der Waals surface area contributed by atoms with Crippen LogP contribution >= 0.6 is 37.7 Å². The first-order valence-electron chi connectivity index (χ1n) is 19.2. The van der Waals surface area contributed by atoms with Crippen LogP contribution < -0.4 is 21.2 Å². The normalized spacial score (nSPS) is 26.1. The average molecular weight is 734 g/mol. The van der Waals surface area contributed by atoms with Crippen molar-refractivity contribution in [2.24, 2.45) is 35.5 Å². The predicted octanol–water partition coefficient (Wildman–Crippen LogP) is 11.8. The maximum atomic E-state index is 9.09. The zero-order chi connectivity index (χ0) is 34.8. The Labute approximate surface area is 309 Å². The van der Waals surface area contributed by atoms with Gasteiger partial charge in [-0.1, -0.05) is 0 Å². The summed E-state index contributed by atoms with van der Waals surface area (Å²) < 4.78 is -1.02. The van der Waals surface area contributed by atoms with E-state index in [1.165, 1.54) is 59.7 Å². The van der Waals surface area contributed by atoms with E-state index < -0.39 is 18.3 Å². The quantitative estimate of drug-likeness (QED) is 0.112. The molecule has 2 aliphatic rings. The summed E-state index contributed by atoms with van der Waals surface area (Å²) in [5.41, 5.74) is 0.793. The van der Waals surface area contributed by atoms with Gasteiger partial charge < -0.3 is 0 Å². The molecule has 49 heavy (non-hydrogen) atoms. The Kier molecular flexibility index (Phi) is 11.7. The second-order valence-corrected chi connectivity index (χ2v) is 28.1. The van der Waals surface area contributed by atoms with Crippen molar-refractivity contribution in [2.75, 3.05) is 0 Å². The van der Waals surface area contributed by atoms with Crippen molar-refractivity contribution in [1.29, 1.82) is 0 Å². The molecule has 0 heterocycles. The second kappa shape index (κ2) is 15.5. The number of hydrogen-bond donors (Lipinski definition) is 0. The molecule has 0 aliphatic heterocycles. The number of hydrogen-bond acceptors (Lipinski definition) is 0. The number of benzene rings is 4. The van der Waals surface area contributed by atoms with Gasteiger partial charge in [-0.2, -0.15) is 0 Å². The molecule has 2 fully saturated rings. The molecular formula is C45H60Cl2P2. The van der Waals surface area contributed by atoms with Gasteiger partial charge in [-0.3, -0.25) is 0 Å². The summed E-state index contributed by atoms with van der Waals surface area (Å²) in [4.78, 5) is 0. The first kappa shape index (κ1) is 37.1. The zero-order valence-electron chi connectivity index (χ0n) is 30.7. The Hall–Kier alpha value is -1.68. The first-order chi connectivity index (χ1) is 23.6. The van der Waals surface area contributed by atoms with Crippen LogP contribution in [-0.2, 0) is 0 Å². The van der Waals surface area contributed by atoms with Gasteiger partial charge in [-0.05, 0) is 0 Å². The van der Waals surface area contributed by atoms with Gasteiger partial charge in [0.05, 0.1) is 0 Å². The van der Waals surface area contributed by atoms with E-state index in [4.69, 9.17) is 23.2 Å². The van der Waals surface area contributed by atoms with Gasteiger partial charge >= 0.3 is 311 Å². The number of alkyl halides is 2. The van der Waals surface area contributed by atoms with Crippen molar-refractivity contribution in [3.8, 4) is 0 Å². The molecule has 0 saturated heterocycles. The molecule has 6 atom stereocenters. The third-order valence-corrected chi connectivity index (χ3v) is 29.8. The molecule has 0 aromatic heterocycles. The van der Waals surface area contributed by atoms with Crippen molar-refractivity contribution < 1.29 is 0 Å². The molecule has 6 rings (SSSR count). The zero-order valence-corrected chi connectivity index (χ0v) is 34.2. The molecule has 4 heteroatoms. The van der Waals surface area contributed by atoms with E-state index in [0.29, 0.717) is 46.8 Å². The van der Waals surface area contributed by atoms with Gasteiger partial charge in [0.2, 0.25) is 0 Å². The van der Waals surface area contributed by atoms with Crippen LogP contribution in [0.2, 0.25) is 0 Å². The molecule has 264 valence electrons. The van der Waals surface area contributed by atoms with Crippen LogP contribution in [0.5, 0.6) is 0 Å². The fourth-order valence-corrected chi connectivity index (χ4v) is 31.7. The molecule has 0 N–H and O–H groups in total. The van der Waals surface area contributed by atoms with E-state index in [9.17, 15) is 0 Å². The standard InChI is InChI=1S/C45H60Cl2P2/c1-33(2)37-29-28-36(6)43(32-37)48(38-19-11-7-12-20-38,39-21-13-8-14-22-39)45(46,47)49(40-23-15-9-16-24-40,41-25-17-10-18-26-41)44-31-35(5)27-30-42(44)34(3)4/h7-26,33-37,42-44,48-49H,27-32H2,1-6H3/t35-,36+,37+,42+,43?,44?/m0/s1. The van der Waals surface area contributed by atoms with Crippen LogP contribution in [0.4, 0.5) is 0 Å². The molecule has 4 aromatic carbocycles. The van der Waals surface area contributed by atoms with Crippen LogP contribution in [-0.4, -0.2) is 15.1 Å². The third kappa shape index (κ3) is 6.50. The van der Waals surface area contributed by atoms with Gasteiger partial charge in [0.1, 0.15) is 0 Å². The van der Waals surface area contributed by atoms with E-state index in [1.54, 1.807) is 0 Å². The summed E-state index contributed by atoms with van der Waals surface area (Å²) in [5.74, 6) is 3.53. The van der Waals surface area contributed by atoms with E-state index in [1.807, 2.05) is 0 Å². The summed E-state index contributed by atoms with van der Waals surface area (Å²) in [6.07, 6.45) is 7.38. The molecule has 0 amide bonds. The molecule has 4 aromatic rings. The fraction of sp³-hybridized carbons (Fsp3) is 0.467. The molecule has 0 bridgehead atoms. The fourth-order valence-electron chi connectivity index (χ4n) is 10.8. The van der Waals surface area contributed by atoms with Crippen molar-refractivity contribution in [1.82, 2.24) is 0 Å². The Bertz CT molecular complexity index is 1530.